The van der Waals surface area contributed by atoms with E-state index < -0.39 is 11.8 Å². The first kappa shape index (κ1) is 81.8. The van der Waals surface area contributed by atoms with Crippen molar-refractivity contribution < 1.29 is 53.3 Å². The molecule has 22 rings (SSSR count). The molecule has 0 atom stereocenters. The summed E-state index contributed by atoms with van der Waals surface area (Å²) in [5.74, 6) is 3.28. The van der Waals surface area contributed by atoms with Crippen molar-refractivity contribution in [1.82, 2.24) is 94.1 Å². The first-order chi connectivity index (χ1) is 61.6. The number of hydrogen-bond donors (Lipinski definition) is 13. The number of rotatable bonds is 23. The number of fused-ring (bicyclic) bond motifs is 5. The lowest BCUT2D eigenvalue weighted by Gasteiger charge is -2.16. The van der Waals surface area contributed by atoms with E-state index in [4.69, 9.17) is 49.5 Å². The first-order valence-electron chi connectivity index (χ1n) is 41.3. The zero-order valence-electron chi connectivity index (χ0n) is 67.5. The molecule has 8 amide bonds. The highest BCUT2D eigenvalue weighted by Gasteiger charge is 2.33. The molecule has 644 valence electrons. The summed E-state index contributed by atoms with van der Waals surface area (Å²) in [5.41, 5.74) is 9.99. The Bertz CT molecular complexity index is 6840. The number of carbonyl (C=O) groups excluding carboxylic acids is 8. The van der Waals surface area contributed by atoms with Crippen LogP contribution in [0.1, 0.15) is 112 Å². The number of ether oxygens (including phenoxy) is 1. The van der Waals surface area contributed by atoms with Gasteiger partial charge in [-0.15, -0.1) is 0 Å². The van der Waals surface area contributed by atoms with Gasteiger partial charge in [0.15, 0.2) is 22.6 Å². The maximum atomic E-state index is 12.1. The lowest BCUT2D eigenvalue weighted by atomic mass is 10.1. The molecule has 13 N–H and O–H groups in total. The predicted octanol–water partition coefficient (Wildman–Crippen LogP) is 11.3. The van der Waals surface area contributed by atoms with E-state index in [9.17, 15) is 48.6 Å². The second-order valence-corrected chi connectivity index (χ2v) is 33.1. The molecule has 0 spiro atoms. The summed E-state index contributed by atoms with van der Waals surface area (Å²) in [4.78, 5) is 120. The third-order valence-electron chi connectivity index (χ3n) is 21.8. The topological polar surface area (TPSA) is 460 Å². The van der Waals surface area contributed by atoms with E-state index in [0.29, 0.717) is 148 Å². The van der Waals surface area contributed by atoms with Crippen LogP contribution in [0.25, 0.3) is 63.7 Å². The van der Waals surface area contributed by atoms with E-state index in [1.54, 1.807) is 104 Å². The summed E-state index contributed by atoms with van der Waals surface area (Å²) in [6, 6.07) is 32.0. The number of aromatic hydroxyl groups is 2. The fraction of sp³-hybridized carbons (Fsp3) is 0.253. The minimum atomic E-state index is -0.409. The van der Waals surface area contributed by atoms with E-state index >= 15 is 0 Å². The molecule has 4 aromatic carbocycles. The Morgan fingerprint density at radius 1 is 0.441 bits per heavy atom. The molecule has 127 heavy (non-hydrogen) atoms. The number of imidazole rings is 1. The summed E-state index contributed by atoms with van der Waals surface area (Å²) in [6.45, 7) is 3.77. The third kappa shape index (κ3) is 18.8. The SMILES string of the molecule is O=C1C/C(=C\c2cnn3c(NC4CC4)cc(-n4cnc5ccccc54)nc23)C(=O)N1.O=C1C/C(=C\c2cnn3c(NC4CC4)cc(Nc4cc(Cl)ccc4O)nc23)C(=O)N1.O=C1C/C(=C\c2cnn3c(NC4CC4)cc(Nc4ccc(O)c(Cl)c4)nc23)C(=O)N1.O=C1C/C(=C\c2cnn3c(NC4CC4)cc(Nc4ccc(OCCN5CCCC5)c(Cl)c4)nc23)C(=O)N1. The highest BCUT2D eigenvalue weighted by Crippen LogP contribution is 2.38. The van der Waals surface area contributed by atoms with E-state index in [-0.39, 0.29) is 77.6 Å². The highest BCUT2D eigenvalue weighted by molar-refractivity contribution is 6.33. The number of imide groups is 4. The molecule has 9 fully saturated rings. The Morgan fingerprint density at radius 3 is 1.26 bits per heavy atom. The van der Waals surface area contributed by atoms with E-state index in [1.807, 2.05) is 65.2 Å². The van der Waals surface area contributed by atoms with Crippen LogP contribution in [0.3, 0.4) is 0 Å². The fourth-order valence-electron chi connectivity index (χ4n) is 14.8. The number of hydrogen-bond acceptors (Lipinski definition) is 28. The predicted molar refractivity (Wildman–Crippen MR) is 475 cm³/mol. The van der Waals surface area contributed by atoms with Crippen molar-refractivity contribution >= 4 is 198 Å². The number of para-hydroxylation sites is 2. The molecule has 0 bridgehead atoms. The maximum Gasteiger partial charge on any atom is 0.254 e. The summed E-state index contributed by atoms with van der Waals surface area (Å²) in [6.07, 6.45) is 26.3. The molecule has 13 aromatic rings. The molecule has 9 aliphatic rings. The number of phenolic OH excluding ortho intramolecular Hbond substituents is 2. The highest BCUT2D eigenvalue weighted by atomic mass is 35.5. The summed E-state index contributed by atoms with van der Waals surface area (Å²) in [7, 11) is 0. The number of likely N-dealkylation sites (tertiary alicyclic amines) is 1. The summed E-state index contributed by atoms with van der Waals surface area (Å²) in [5, 5.41) is 71.3. The average Bonchev–Trinajstić information content (AvgIpc) is 1.62. The molecule has 4 saturated carbocycles. The Labute approximate surface area is 735 Å². The number of amides is 8. The van der Waals surface area contributed by atoms with Gasteiger partial charge in [-0.3, -0.25) is 69.1 Å². The Morgan fingerprint density at radius 2 is 0.843 bits per heavy atom. The van der Waals surface area contributed by atoms with Gasteiger partial charge in [0, 0.05) is 116 Å². The standard InChI is InChI=1S/C26H28ClN7O3.C21H17N7O2.2C20H17ClN6O3/c27-20-13-19(5-6-21(20)37-10-9-33-7-1-2-8-33)29-22-14-23(30-18-3-4-18)34-25(31-22)17(15-28-34)11-16-12-24(35)32-26(16)36;29-19-8-12(21(30)26-19)7-13-10-23-28-18(24-14-5-6-14)9-17(25-20(13)28)27-11-22-15-3-1-2-4-16(15)27;21-12-1-4-15(28)14(7-12)24-16-8-17(23-13-2-3-13)27-19(25-16)11(9-22-27)5-10-6-18(29)26-20(10)30;21-14-7-13(3-4-15(14)28)23-16-8-17(24-12-1-2-12)27-19(25-16)11(9-22-27)5-10-6-18(29)26-20(10)30/h5-6,11,13-15,18,30H,1-4,7-10,12H2,(H,29,31)(H,32,35,36);1-4,7,9-11,14,24H,5-6,8H2,(H,26,29,30);1,4-5,7-9,13,23,28H,2-3,6H2,(H,24,25)(H,26,29,30);3-5,7-9,12,24,28H,1-2,6H2,(H,23,25)(H,26,29,30)/b16-11+;12-7+;2*10-5+. The number of carbonyl (C=O) groups is 8. The van der Waals surface area contributed by atoms with Gasteiger partial charge in [-0.1, -0.05) is 46.9 Å². The molecular weight excluding hydrogens is 1690 g/mol. The molecule has 5 saturated heterocycles. The average molecular weight is 1770 g/mol. The van der Waals surface area contributed by atoms with Gasteiger partial charge in [0.25, 0.3) is 23.6 Å². The first-order valence-corrected chi connectivity index (χ1v) is 42.4. The zero-order valence-corrected chi connectivity index (χ0v) is 69.7. The Hall–Kier alpha value is -14.8. The minimum Gasteiger partial charge on any atom is -0.506 e. The van der Waals surface area contributed by atoms with Crippen molar-refractivity contribution in [3.8, 4) is 23.1 Å². The van der Waals surface area contributed by atoms with Crippen LogP contribution >= 0.6 is 34.8 Å². The lowest BCUT2D eigenvalue weighted by molar-refractivity contribution is -0.125. The van der Waals surface area contributed by atoms with Crippen LogP contribution in [0.4, 0.5) is 57.8 Å². The van der Waals surface area contributed by atoms with Crippen LogP contribution in [-0.4, -0.2) is 181 Å². The van der Waals surface area contributed by atoms with Crippen molar-refractivity contribution in [2.24, 2.45) is 0 Å². The summed E-state index contributed by atoms with van der Waals surface area (Å²) < 4.78 is 14.6. The Balaban J connectivity index is 0.000000111. The number of nitrogens with zero attached hydrogens (tertiary/aromatic N) is 15. The lowest BCUT2D eigenvalue weighted by Crippen LogP contribution is -2.25. The smallest absolute Gasteiger partial charge is 0.254 e. The molecule has 37 nitrogen and oxygen atoms in total. The minimum absolute atomic E-state index is 0.00388. The number of phenols is 2. The normalized spacial score (nSPS) is 18.1. The van der Waals surface area contributed by atoms with Gasteiger partial charge in [-0.05, 0) is 168 Å². The second-order valence-electron chi connectivity index (χ2n) is 31.8. The molecular formula is C87H79Cl3N26O11. The van der Waals surface area contributed by atoms with Crippen LogP contribution in [0.5, 0.6) is 17.2 Å². The molecule has 5 aliphatic heterocycles. The Kier molecular flexibility index (Phi) is 22.4. The van der Waals surface area contributed by atoms with E-state index in [1.165, 1.54) is 25.0 Å². The molecule has 0 unspecified atom stereocenters. The van der Waals surface area contributed by atoms with Crippen molar-refractivity contribution in [2.45, 2.75) is 114 Å². The van der Waals surface area contributed by atoms with E-state index in [2.05, 4.69) is 98.7 Å². The maximum absolute atomic E-state index is 12.1. The number of aromatic nitrogens is 14. The number of nitrogens with one attached hydrogen (secondary N) is 11. The van der Waals surface area contributed by atoms with Crippen molar-refractivity contribution in [3.05, 3.63) is 194 Å². The molecule has 0 radical (unpaired) electrons. The van der Waals surface area contributed by atoms with Gasteiger partial charge in [-0.2, -0.15) is 38.5 Å². The van der Waals surface area contributed by atoms with Crippen LogP contribution in [0, 0.1) is 0 Å². The molecule has 40 heteroatoms. The van der Waals surface area contributed by atoms with Crippen LogP contribution < -0.4 is 63.2 Å². The van der Waals surface area contributed by atoms with Crippen molar-refractivity contribution in [1.29, 1.82) is 0 Å². The van der Waals surface area contributed by atoms with Gasteiger partial charge in [0.05, 0.1) is 77.2 Å². The number of anilines is 10. The summed E-state index contributed by atoms with van der Waals surface area (Å²) >= 11 is 18.6. The van der Waals surface area contributed by atoms with Crippen LogP contribution in [0.2, 0.25) is 15.1 Å². The van der Waals surface area contributed by atoms with Gasteiger partial charge in [0.1, 0.15) is 76.7 Å². The monoisotopic (exact) mass is 1770 g/mol. The number of halogens is 3. The third-order valence-corrected chi connectivity index (χ3v) is 22.6. The van der Waals surface area contributed by atoms with Crippen molar-refractivity contribution in [2.75, 3.05) is 63.5 Å². The molecule has 14 heterocycles. The van der Waals surface area contributed by atoms with Crippen LogP contribution in [-0.2, 0) is 38.4 Å². The van der Waals surface area contributed by atoms with Gasteiger partial charge in [-0.25, -0.2) is 24.9 Å². The quantitative estimate of drug-likeness (QED) is 0.0122. The number of benzene rings is 4. The fourth-order valence-corrected chi connectivity index (χ4v) is 15.4. The largest absolute Gasteiger partial charge is 0.506 e. The molecule has 4 aliphatic carbocycles. The van der Waals surface area contributed by atoms with Crippen molar-refractivity contribution in [3.63, 3.8) is 0 Å². The zero-order chi connectivity index (χ0) is 87.3. The van der Waals surface area contributed by atoms with E-state index in [0.717, 1.165) is 111 Å². The van der Waals surface area contributed by atoms with Crippen LogP contribution in [0.15, 0.2) is 157 Å². The second kappa shape index (κ2) is 34.7. The van der Waals surface area contributed by atoms with Gasteiger partial charge in [0.2, 0.25) is 23.6 Å². The molecule has 9 aromatic heterocycles. The van der Waals surface area contributed by atoms with Gasteiger partial charge < -0.3 is 52.2 Å². The van der Waals surface area contributed by atoms with Gasteiger partial charge >= 0.3 is 0 Å².